The largest absolute Gasteiger partial charge is 0.497 e. The number of carbonyl (C=O) groups excluding carboxylic acids is 2. The lowest BCUT2D eigenvalue weighted by atomic mass is 10.0. The highest BCUT2D eigenvalue weighted by atomic mass is 16.5. The van der Waals surface area contributed by atoms with Crippen LogP contribution in [-0.2, 0) is 4.79 Å². The van der Waals surface area contributed by atoms with E-state index in [1.54, 1.807) is 55.6 Å². The number of H-pyrrole nitrogens is 1. The molecule has 2 amide bonds. The average Bonchev–Trinajstić information content (AvgIpc) is 3.25. The van der Waals surface area contributed by atoms with Crippen LogP contribution in [0.2, 0.25) is 0 Å². The van der Waals surface area contributed by atoms with Crippen LogP contribution in [0.3, 0.4) is 0 Å². The zero-order valence-electron chi connectivity index (χ0n) is 20.6. The monoisotopic (exact) mass is 499 g/mol. The van der Waals surface area contributed by atoms with Gasteiger partial charge in [-0.1, -0.05) is 12.1 Å². The first-order valence-electron chi connectivity index (χ1n) is 12.3. The van der Waals surface area contributed by atoms with E-state index in [0.717, 1.165) is 37.0 Å². The van der Waals surface area contributed by atoms with Crippen LogP contribution in [0.5, 0.6) is 5.75 Å². The Balaban J connectivity index is 1.11. The number of hydrogen-bond donors (Lipinski definition) is 3. The fraction of sp³-hybridized carbons (Fsp3) is 0.250. The van der Waals surface area contributed by atoms with Crippen molar-refractivity contribution in [1.29, 1.82) is 0 Å². The number of piperidine rings is 1. The number of anilines is 2. The molecule has 9 nitrogen and oxygen atoms in total. The highest BCUT2D eigenvalue weighted by molar-refractivity contribution is 6.04. The number of likely N-dealkylation sites (tertiary alicyclic amines) is 1. The molecule has 5 rings (SSSR count). The number of aromatic nitrogens is 2. The number of methoxy groups -OCH3 is 1. The van der Waals surface area contributed by atoms with Gasteiger partial charge in [0.1, 0.15) is 5.75 Å². The second kappa shape index (κ2) is 10.7. The molecule has 0 aliphatic carbocycles. The van der Waals surface area contributed by atoms with Crippen molar-refractivity contribution in [3.05, 3.63) is 88.8 Å². The molecule has 3 N–H and O–H groups in total. The van der Waals surface area contributed by atoms with Gasteiger partial charge in [0.25, 0.3) is 5.91 Å². The summed E-state index contributed by atoms with van der Waals surface area (Å²) in [4.78, 5) is 42.6. The molecule has 0 unspecified atom stereocenters. The molecule has 190 valence electrons. The molecule has 0 bridgehead atoms. The molecular weight excluding hydrogens is 470 g/mol. The molecule has 1 aliphatic heterocycles. The minimum Gasteiger partial charge on any atom is -0.497 e. The van der Waals surface area contributed by atoms with Gasteiger partial charge in [-0.05, 0) is 73.5 Å². The third kappa shape index (κ3) is 5.57. The summed E-state index contributed by atoms with van der Waals surface area (Å²) in [6, 6.07) is 21.7. The number of ether oxygens (including phenoxy) is 1. The zero-order valence-corrected chi connectivity index (χ0v) is 20.6. The number of nitrogens with one attached hydrogen (secondary N) is 3. The van der Waals surface area contributed by atoms with Crippen molar-refractivity contribution >= 4 is 34.2 Å². The maximum atomic E-state index is 12.6. The first-order chi connectivity index (χ1) is 18.0. The maximum Gasteiger partial charge on any atom is 0.326 e. The quantitative estimate of drug-likeness (QED) is 0.358. The summed E-state index contributed by atoms with van der Waals surface area (Å²) in [6.07, 6.45) is 1.60. The van der Waals surface area contributed by atoms with Crippen molar-refractivity contribution in [3.63, 3.8) is 0 Å². The molecule has 1 saturated heterocycles. The fourth-order valence-corrected chi connectivity index (χ4v) is 4.76. The number of rotatable bonds is 7. The summed E-state index contributed by atoms with van der Waals surface area (Å²) in [7, 11) is 1.59. The molecule has 4 aromatic rings. The van der Waals surface area contributed by atoms with Gasteiger partial charge in [0, 0.05) is 36.1 Å². The van der Waals surface area contributed by atoms with E-state index in [1.165, 1.54) is 0 Å². The van der Waals surface area contributed by atoms with E-state index in [9.17, 15) is 14.4 Å². The van der Waals surface area contributed by atoms with Crippen LogP contribution in [0.4, 0.5) is 11.4 Å². The van der Waals surface area contributed by atoms with Gasteiger partial charge in [0.2, 0.25) is 5.91 Å². The van der Waals surface area contributed by atoms with Crippen LogP contribution in [0, 0.1) is 0 Å². The predicted molar refractivity (Wildman–Crippen MR) is 143 cm³/mol. The van der Waals surface area contributed by atoms with Gasteiger partial charge in [-0.2, -0.15) is 0 Å². The molecule has 0 saturated carbocycles. The number of aromatic amines is 1. The lowest BCUT2D eigenvalue weighted by Crippen LogP contribution is -2.41. The summed E-state index contributed by atoms with van der Waals surface area (Å²) in [5.41, 5.74) is 3.47. The van der Waals surface area contributed by atoms with Gasteiger partial charge in [-0.25, -0.2) is 4.79 Å². The predicted octanol–water partition coefficient (Wildman–Crippen LogP) is 3.87. The topological polar surface area (TPSA) is 108 Å². The third-order valence-electron chi connectivity index (χ3n) is 6.69. The van der Waals surface area contributed by atoms with Crippen molar-refractivity contribution < 1.29 is 14.3 Å². The van der Waals surface area contributed by atoms with Crippen molar-refractivity contribution in [2.75, 3.05) is 37.4 Å². The van der Waals surface area contributed by atoms with E-state index in [1.807, 2.05) is 28.8 Å². The molecule has 1 fully saturated rings. The molecule has 1 aromatic heterocycles. The maximum absolute atomic E-state index is 12.6. The molecule has 0 spiro atoms. The highest BCUT2D eigenvalue weighted by Gasteiger charge is 2.24. The summed E-state index contributed by atoms with van der Waals surface area (Å²) in [6.45, 7) is 1.73. The second-order valence-electron chi connectivity index (χ2n) is 9.13. The van der Waals surface area contributed by atoms with Crippen LogP contribution in [0.25, 0.3) is 11.0 Å². The molecule has 3 aromatic carbocycles. The Morgan fingerprint density at radius 1 is 0.919 bits per heavy atom. The minimum absolute atomic E-state index is 0.0847. The summed E-state index contributed by atoms with van der Waals surface area (Å²) >= 11 is 0. The Kier molecular flexibility index (Phi) is 7.04. The Morgan fingerprint density at radius 3 is 2.27 bits per heavy atom. The van der Waals surface area contributed by atoms with E-state index in [0.29, 0.717) is 22.7 Å². The lowest BCUT2D eigenvalue weighted by molar-refractivity contribution is -0.117. The Morgan fingerprint density at radius 2 is 1.57 bits per heavy atom. The number of fused-ring (bicyclic) bond motifs is 1. The zero-order chi connectivity index (χ0) is 25.8. The Labute approximate surface area is 214 Å². The van der Waals surface area contributed by atoms with Gasteiger partial charge < -0.3 is 20.4 Å². The fourth-order valence-electron chi connectivity index (χ4n) is 4.76. The number of imidazole rings is 1. The van der Waals surface area contributed by atoms with E-state index in [2.05, 4.69) is 20.5 Å². The standard InChI is InChI=1S/C28H29N5O4/c1-37-23-12-10-21(11-13-23)30-27(35)19-6-8-20(9-7-19)29-26(34)18-32-16-14-22(15-17-32)33-25-5-3-2-4-24(25)31-28(33)36/h2-13,22H,14-18H2,1H3,(H,29,34)(H,30,35)(H,31,36). The van der Waals surface area contributed by atoms with E-state index in [-0.39, 0.29) is 30.1 Å². The summed E-state index contributed by atoms with van der Waals surface area (Å²) in [5, 5.41) is 5.74. The normalized spacial score (nSPS) is 14.4. The van der Waals surface area contributed by atoms with Crippen LogP contribution < -0.4 is 21.1 Å². The number of nitrogens with zero attached hydrogens (tertiary/aromatic N) is 2. The van der Waals surface area contributed by atoms with E-state index in [4.69, 9.17) is 4.74 Å². The van der Waals surface area contributed by atoms with Crippen LogP contribution in [0.15, 0.2) is 77.6 Å². The first-order valence-corrected chi connectivity index (χ1v) is 12.3. The van der Waals surface area contributed by atoms with Gasteiger partial charge >= 0.3 is 5.69 Å². The minimum atomic E-state index is -0.236. The van der Waals surface area contributed by atoms with Crippen molar-refractivity contribution in [2.24, 2.45) is 0 Å². The highest BCUT2D eigenvalue weighted by Crippen LogP contribution is 2.25. The van der Waals surface area contributed by atoms with Crippen molar-refractivity contribution in [1.82, 2.24) is 14.5 Å². The van der Waals surface area contributed by atoms with Crippen molar-refractivity contribution in [3.8, 4) is 5.75 Å². The van der Waals surface area contributed by atoms with E-state index >= 15 is 0 Å². The summed E-state index contributed by atoms with van der Waals surface area (Å²) < 4.78 is 6.97. The van der Waals surface area contributed by atoms with Crippen LogP contribution in [-0.4, -0.2) is 53.0 Å². The molecule has 0 atom stereocenters. The van der Waals surface area contributed by atoms with Gasteiger partial charge in [-0.15, -0.1) is 0 Å². The number of amides is 2. The van der Waals surface area contributed by atoms with Crippen LogP contribution in [0.1, 0.15) is 29.2 Å². The molecular formula is C28H29N5O4. The lowest BCUT2D eigenvalue weighted by Gasteiger charge is -2.32. The third-order valence-corrected chi connectivity index (χ3v) is 6.69. The van der Waals surface area contributed by atoms with Gasteiger partial charge in [0.05, 0.1) is 24.7 Å². The summed E-state index contributed by atoms with van der Waals surface area (Å²) in [5.74, 6) is 0.366. The first kappa shape index (κ1) is 24.3. The number of hydrogen-bond acceptors (Lipinski definition) is 5. The second-order valence-corrected chi connectivity index (χ2v) is 9.13. The molecule has 1 aliphatic rings. The Hall–Kier alpha value is -4.37. The smallest absolute Gasteiger partial charge is 0.326 e. The number of carbonyl (C=O) groups is 2. The average molecular weight is 500 g/mol. The molecule has 9 heteroatoms. The van der Waals surface area contributed by atoms with E-state index < -0.39 is 0 Å². The molecule has 2 heterocycles. The Bertz CT molecular complexity index is 1450. The SMILES string of the molecule is COc1ccc(NC(=O)c2ccc(NC(=O)CN3CCC(n4c(=O)[nH]c5ccccc54)CC3)cc2)cc1. The van der Waals surface area contributed by atoms with Gasteiger partial charge in [-0.3, -0.25) is 19.1 Å². The van der Waals surface area contributed by atoms with Crippen molar-refractivity contribution in [2.45, 2.75) is 18.9 Å². The van der Waals surface area contributed by atoms with Crippen LogP contribution >= 0.6 is 0 Å². The molecule has 0 radical (unpaired) electrons. The molecule has 37 heavy (non-hydrogen) atoms. The van der Waals surface area contributed by atoms with Gasteiger partial charge in [0.15, 0.2) is 0 Å². The number of benzene rings is 3. The number of para-hydroxylation sites is 2.